The normalized spacial score (nSPS) is 36.5. The third-order valence-corrected chi connectivity index (χ3v) is 4.72. The summed E-state index contributed by atoms with van der Waals surface area (Å²) in [6.07, 6.45) is 1.47. The van der Waals surface area contributed by atoms with Crippen LogP contribution in [0.2, 0.25) is 0 Å². The second-order valence-corrected chi connectivity index (χ2v) is 6.72. The summed E-state index contributed by atoms with van der Waals surface area (Å²) in [6, 6.07) is 0.896. The molecule has 2 aliphatic heterocycles. The highest BCUT2D eigenvalue weighted by atomic mass is 16.1. The van der Waals surface area contributed by atoms with Crippen LogP contribution in [-0.2, 0) is 9.59 Å². The average molecular weight is 282 g/mol. The zero-order valence-electron chi connectivity index (χ0n) is 13.8. The van der Waals surface area contributed by atoms with Crippen LogP contribution in [0.4, 0.5) is 0 Å². The molecule has 0 aromatic heterocycles. The number of Topliss-reactive ketones (excluding diaryl/α,β-unsaturated/α-hetero) is 2. The summed E-state index contributed by atoms with van der Waals surface area (Å²) in [5.74, 6) is 1.35. The minimum Gasteiger partial charge on any atom is -0.303 e. The molecule has 2 fully saturated rings. The summed E-state index contributed by atoms with van der Waals surface area (Å²) >= 11 is 0. The molecule has 2 aliphatic rings. The van der Waals surface area contributed by atoms with Gasteiger partial charge in [-0.25, -0.2) is 0 Å². The maximum absolute atomic E-state index is 11.1. The van der Waals surface area contributed by atoms with Crippen molar-refractivity contribution in [2.75, 3.05) is 27.2 Å². The van der Waals surface area contributed by atoms with Gasteiger partial charge in [0.15, 0.2) is 0 Å². The SMILES string of the molecule is CC1CN(C)C(C)CC1=O.CC1CN(C)C(C)CC1=O. The van der Waals surface area contributed by atoms with Gasteiger partial charge in [-0.1, -0.05) is 13.8 Å². The molecule has 0 radical (unpaired) electrons. The van der Waals surface area contributed by atoms with E-state index in [4.69, 9.17) is 0 Å². The van der Waals surface area contributed by atoms with Crippen LogP contribution in [0.5, 0.6) is 0 Å². The summed E-state index contributed by atoms with van der Waals surface area (Å²) in [6.45, 7) is 10.1. The lowest BCUT2D eigenvalue weighted by Gasteiger charge is -2.32. The molecule has 0 aromatic carbocycles. The second-order valence-electron chi connectivity index (χ2n) is 6.72. The number of nitrogens with zero attached hydrogens (tertiary/aromatic N) is 2. The fourth-order valence-electron chi connectivity index (χ4n) is 2.72. The number of hydrogen-bond donors (Lipinski definition) is 0. The Morgan fingerprint density at radius 3 is 1.30 bits per heavy atom. The first kappa shape index (κ1) is 17.3. The van der Waals surface area contributed by atoms with E-state index < -0.39 is 0 Å². The van der Waals surface area contributed by atoms with E-state index in [9.17, 15) is 9.59 Å². The van der Waals surface area contributed by atoms with Crippen LogP contribution >= 0.6 is 0 Å². The van der Waals surface area contributed by atoms with Crippen molar-refractivity contribution in [2.45, 2.75) is 52.6 Å². The van der Waals surface area contributed by atoms with E-state index in [1.807, 2.05) is 13.8 Å². The second kappa shape index (κ2) is 7.32. The third-order valence-electron chi connectivity index (χ3n) is 4.72. The lowest BCUT2D eigenvalue weighted by atomic mass is 9.94. The van der Waals surface area contributed by atoms with Crippen LogP contribution in [0.1, 0.15) is 40.5 Å². The van der Waals surface area contributed by atoms with Crippen molar-refractivity contribution >= 4 is 11.6 Å². The summed E-state index contributed by atoms with van der Waals surface area (Å²) < 4.78 is 0. The molecular formula is C16H30N2O2. The molecule has 0 aliphatic carbocycles. The zero-order valence-corrected chi connectivity index (χ0v) is 13.8. The van der Waals surface area contributed by atoms with E-state index in [1.165, 1.54) is 0 Å². The highest BCUT2D eigenvalue weighted by Gasteiger charge is 2.26. The van der Waals surface area contributed by atoms with Gasteiger partial charge in [0.25, 0.3) is 0 Å². The molecule has 0 aromatic rings. The van der Waals surface area contributed by atoms with Crippen LogP contribution in [-0.4, -0.2) is 60.6 Å². The van der Waals surface area contributed by atoms with E-state index >= 15 is 0 Å². The fourth-order valence-corrected chi connectivity index (χ4v) is 2.72. The predicted octanol–water partition coefficient (Wildman–Crippen LogP) is 1.83. The molecule has 0 amide bonds. The minimum absolute atomic E-state index is 0.251. The molecule has 4 heteroatoms. The molecule has 0 bridgehead atoms. The minimum atomic E-state index is 0.251. The third kappa shape index (κ3) is 4.67. The summed E-state index contributed by atoms with van der Waals surface area (Å²) in [4.78, 5) is 26.7. The smallest absolute Gasteiger partial charge is 0.138 e. The summed E-state index contributed by atoms with van der Waals surface area (Å²) in [5, 5.41) is 0. The fraction of sp³-hybridized carbons (Fsp3) is 0.875. The van der Waals surface area contributed by atoms with E-state index in [0.717, 1.165) is 25.9 Å². The van der Waals surface area contributed by atoms with Crippen LogP contribution < -0.4 is 0 Å². The molecule has 4 nitrogen and oxygen atoms in total. The van der Waals surface area contributed by atoms with Crippen LogP contribution in [0.25, 0.3) is 0 Å². The van der Waals surface area contributed by atoms with Crippen molar-refractivity contribution in [2.24, 2.45) is 11.8 Å². The molecule has 0 saturated carbocycles. The first-order valence-electron chi connectivity index (χ1n) is 7.68. The summed E-state index contributed by atoms with van der Waals surface area (Å²) in [5.41, 5.74) is 0. The van der Waals surface area contributed by atoms with Gasteiger partial charge in [0.05, 0.1) is 0 Å². The first-order valence-corrected chi connectivity index (χ1v) is 7.68. The predicted molar refractivity (Wildman–Crippen MR) is 81.8 cm³/mol. The molecule has 2 rings (SSSR count). The molecule has 4 unspecified atom stereocenters. The van der Waals surface area contributed by atoms with Gasteiger partial charge in [-0.05, 0) is 27.9 Å². The van der Waals surface area contributed by atoms with Crippen molar-refractivity contribution in [3.8, 4) is 0 Å². The van der Waals surface area contributed by atoms with E-state index in [2.05, 4.69) is 37.7 Å². The largest absolute Gasteiger partial charge is 0.303 e. The van der Waals surface area contributed by atoms with Crippen molar-refractivity contribution < 1.29 is 9.59 Å². The van der Waals surface area contributed by atoms with Crippen molar-refractivity contribution in [1.82, 2.24) is 9.80 Å². The number of carbonyl (C=O) groups is 2. The van der Waals surface area contributed by atoms with E-state index in [1.54, 1.807) is 0 Å². The maximum Gasteiger partial charge on any atom is 0.138 e. The Balaban J connectivity index is 0.000000200. The van der Waals surface area contributed by atoms with Crippen molar-refractivity contribution in [3.63, 3.8) is 0 Å². The Hall–Kier alpha value is -0.740. The number of ketones is 2. The molecular weight excluding hydrogens is 252 g/mol. The first-order chi connectivity index (χ1) is 9.22. The van der Waals surface area contributed by atoms with Crippen LogP contribution in [0.15, 0.2) is 0 Å². The molecule has 4 atom stereocenters. The number of hydrogen-bond acceptors (Lipinski definition) is 4. The van der Waals surface area contributed by atoms with Gasteiger partial charge >= 0.3 is 0 Å². The zero-order chi connectivity index (χ0) is 15.4. The quantitative estimate of drug-likeness (QED) is 0.680. The van der Waals surface area contributed by atoms with E-state index in [0.29, 0.717) is 23.7 Å². The Labute approximate surface area is 123 Å². The Kier molecular flexibility index (Phi) is 6.34. The van der Waals surface area contributed by atoms with Gasteiger partial charge in [-0.2, -0.15) is 0 Å². The highest BCUT2D eigenvalue weighted by molar-refractivity contribution is 5.82. The van der Waals surface area contributed by atoms with Gasteiger partial charge in [0.2, 0.25) is 0 Å². The molecule has 0 spiro atoms. The van der Waals surface area contributed by atoms with Crippen molar-refractivity contribution in [1.29, 1.82) is 0 Å². The Morgan fingerprint density at radius 1 is 0.750 bits per heavy atom. The Morgan fingerprint density at radius 2 is 1.05 bits per heavy atom. The topological polar surface area (TPSA) is 40.6 Å². The molecule has 0 N–H and O–H groups in total. The van der Waals surface area contributed by atoms with Crippen molar-refractivity contribution in [3.05, 3.63) is 0 Å². The Bertz CT molecular complexity index is 322. The number of likely N-dealkylation sites (tertiary alicyclic amines) is 2. The number of rotatable bonds is 0. The standard InChI is InChI=1S/2C8H15NO/c2*1-6-5-9(3)7(2)4-8(6)10/h2*6-7H,4-5H2,1-3H3. The van der Waals surface area contributed by atoms with Crippen LogP contribution in [0, 0.1) is 11.8 Å². The van der Waals surface area contributed by atoms with E-state index in [-0.39, 0.29) is 11.8 Å². The summed E-state index contributed by atoms with van der Waals surface area (Å²) in [7, 11) is 4.15. The lowest BCUT2D eigenvalue weighted by Crippen LogP contribution is -2.42. The number of carbonyl (C=O) groups excluding carboxylic acids is 2. The van der Waals surface area contributed by atoms with Gasteiger partial charge in [-0.3, -0.25) is 9.59 Å². The molecule has 2 saturated heterocycles. The maximum atomic E-state index is 11.1. The van der Waals surface area contributed by atoms with Gasteiger partial charge in [0.1, 0.15) is 11.6 Å². The highest BCUT2D eigenvalue weighted by Crippen LogP contribution is 2.16. The lowest BCUT2D eigenvalue weighted by molar-refractivity contribution is -0.127. The molecule has 2 heterocycles. The van der Waals surface area contributed by atoms with Gasteiger partial charge < -0.3 is 9.80 Å². The number of piperidine rings is 2. The van der Waals surface area contributed by atoms with Crippen LogP contribution in [0.3, 0.4) is 0 Å². The molecule has 20 heavy (non-hydrogen) atoms. The average Bonchev–Trinajstić information content (AvgIpc) is 2.35. The monoisotopic (exact) mass is 282 g/mol. The van der Waals surface area contributed by atoms with Gasteiger partial charge in [0, 0.05) is 49.9 Å². The van der Waals surface area contributed by atoms with Gasteiger partial charge in [-0.15, -0.1) is 0 Å². The molecule has 116 valence electrons.